The average molecular weight is 252 g/mol. The van der Waals surface area contributed by atoms with Crippen LogP contribution in [0.15, 0.2) is 18.2 Å². The quantitative estimate of drug-likeness (QED) is 0.639. The number of hydrogen-bond donors (Lipinski definition) is 3. The molecule has 18 heavy (non-hydrogen) atoms. The number of morpholine rings is 1. The second kappa shape index (κ2) is 5.24. The number of amides is 1. The Labute approximate surface area is 105 Å². The molecule has 1 unspecified atom stereocenters. The van der Waals surface area contributed by atoms with Crippen LogP contribution < -0.4 is 5.73 Å². The van der Waals surface area contributed by atoms with Gasteiger partial charge in [0.25, 0.3) is 5.91 Å². The lowest BCUT2D eigenvalue weighted by molar-refractivity contribution is 0.000823. The first-order valence-electron chi connectivity index (χ1n) is 5.74. The summed E-state index contributed by atoms with van der Waals surface area (Å²) in [6.45, 7) is 1.71. The third-order valence-electron chi connectivity index (χ3n) is 2.98. The first-order chi connectivity index (χ1) is 8.63. The van der Waals surface area contributed by atoms with Crippen molar-refractivity contribution < 1.29 is 19.7 Å². The minimum absolute atomic E-state index is 0.151. The number of phenolic OH excluding ortho intramolecular Hbond substituents is 2. The molecule has 0 aromatic heterocycles. The zero-order valence-electron chi connectivity index (χ0n) is 9.87. The Morgan fingerprint density at radius 2 is 2.22 bits per heavy atom. The highest BCUT2D eigenvalue weighted by Gasteiger charge is 2.27. The maximum absolute atomic E-state index is 12.3. The Kier molecular flexibility index (Phi) is 3.69. The minimum Gasteiger partial charge on any atom is -0.504 e. The highest BCUT2D eigenvalue weighted by atomic mass is 16.5. The summed E-state index contributed by atoms with van der Waals surface area (Å²) >= 11 is 0. The zero-order chi connectivity index (χ0) is 13.1. The maximum Gasteiger partial charge on any atom is 0.254 e. The molecule has 1 aromatic carbocycles. The molecule has 0 saturated carbocycles. The fraction of sp³-hybridized carbons (Fsp3) is 0.417. The molecule has 0 bridgehead atoms. The van der Waals surface area contributed by atoms with E-state index in [4.69, 9.17) is 10.5 Å². The van der Waals surface area contributed by atoms with Crippen LogP contribution in [-0.4, -0.2) is 53.4 Å². The van der Waals surface area contributed by atoms with Gasteiger partial charge in [0.2, 0.25) is 0 Å². The molecule has 0 aliphatic carbocycles. The number of rotatable bonds is 2. The number of carbonyl (C=O) groups excluding carboxylic acids is 1. The SMILES string of the molecule is NCC1COCCN1C(=O)c1ccc(O)c(O)c1. The van der Waals surface area contributed by atoms with Crippen LogP contribution in [0.5, 0.6) is 11.5 Å². The average Bonchev–Trinajstić information content (AvgIpc) is 2.41. The van der Waals surface area contributed by atoms with Gasteiger partial charge in [-0.1, -0.05) is 0 Å². The van der Waals surface area contributed by atoms with Crippen LogP contribution in [0.4, 0.5) is 0 Å². The van der Waals surface area contributed by atoms with E-state index >= 15 is 0 Å². The van der Waals surface area contributed by atoms with Gasteiger partial charge in [-0.3, -0.25) is 4.79 Å². The van der Waals surface area contributed by atoms with E-state index < -0.39 is 0 Å². The lowest BCUT2D eigenvalue weighted by atomic mass is 10.1. The van der Waals surface area contributed by atoms with Crippen molar-refractivity contribution in [1.29, 1.82) is 0 Å². The van der Waals surface area contributed by atoms with E-state index in [1.165, 1.54) is 18.2 Å². The predicted molar refractivity (Wildman–Crippen MR) is 64.5 cm³/mol. The number of aromatic hydroxyl groups is 2. The number of hydrogen-bond acceptors (Lipinski definition) is 5. The molecule has 4 N–H and O–H groups in total. The number of carbonyl (C=O) groups is 1. The Morgan fingerprint density at radius 3 is 2.89 bits per heavy atom. The van der Waals surface area contributed by atoms with Gasteiger partial charge in [-0.25, -0.2) is 0 Å². The predicted octanol–water partition coefficient (Wildman–Crippen LogP) is -0.103. The zero-order valence-corrected chi connectivity index (χ0v) is 9.87. The third kappa shape index (κ3) is 2.39. The Morgan fingerprint density at radius 1 is 1.44 bits per heavy atom. The molecule has 0 spiro atoms. The van der Waals surface area contributed by atoms with E-state index in [9.17, 15) is 15.0 Å². The first kappa shape index (κ1) is 12.7. The molecule has 1 saturated heterocycles. The largest absolute Gasteiger partial charge is 0.504 e. The van der Waals surface area contributed by atoms with Crippen molar-refractivity contribution in [2.45, 2.75) is 6.04 Å². The van der Waals surface area contributed by atoms with E-state index in [2.05, 4.69) is 0 Å². The van der Waals surface area contributed by atoms with Crippen LogP contribution >= 0.6 is 0 Å². The van der Waals surface area contributed by atoms with E-state index in [0.717, 1.165) is 0 Å². The van der Waals surface area contributed by atoms with Crippen LogP contribution in [0, 0.1) is 0 Å². The van der Waals surface area contributed by atoms with Crippen molar-refractivity contribution in [2.75, 3.05) is 26.3 Å². The smallest absolute Gasteiger partial charge is 0.254 e. The third-order valence-corrected chi connectivity index (χ3v) is 2.98. The van der Waals surface area contributed by atoms with E-state index in [0.29, 0.717) is 31.9 Å². The molecule has 6 heteroatoms. The van der Waals surface area contributed by atoms with Gasteiger partial charge in [0.05, 0.1) is 19.3 Å². The summed E-state index contributed by atoms with van der Waals surface area (Å²) in [6.07, 6.45) is 0. The minimum atomic E-state index is -0.307. The van der Waals surface area contributed by atoms with Crippen molar-refractivity contribution in [2.24, 2.45) is 5.73 Å². The molecule has 1 aromatic rings. The monoisotopic (exact) mass is 252 g/mol. The van der Waals surface area contributed by atoms with Crippen LogP contribution in [0.3, 0.4) is 0 Å². The number of phenols is 2. The number of nitrogens with zero attached hydrogens (tertiary/aromatic N) is 1. The summed E-state index contributed by atoms with van der Waals surface area (Å²) in [5.41, 5.74) is 5.92. The van der Waals surface area contributed by atoms with Crippen molar-refractivity contribution in [3.63, 3.8) is 0 Å². The molecule has 0 radical (unpaired) electrons. The van der Waals surface area contributed by atoms with Crippen LogP contribution in [0.25, 0.3) is 0 Å². The lowest BCUT2D eigenvalue weighted by Gasteiger charge is -2.34. The van der Waals surface area contributed by atoms with E-state index in [1.54, 1.807) is 4.90 Å². The Hall–Kier alpha value is -1.79. The maximum atomic E-state index is 12.3. The molecule has 1 aliphatic rings. The van der Waals surface area contributed by atoms with Gasteiger partial charge in [-0.05, 0) is 18.2 Å². The van der Waals surface area contributed by atoms with Crippen molar-refractivity contribution in [3.05, 3.63) is 23.8 Å². The van der Waals surface area contributed by atoms with Gasteiger partial charge in [-0.2, -0.15) is 0 Å². The number of benzene rings is 1. The lowest BCUT2D eigenvalue weighted by Crippen LogP contribution is -2.52. The molecule has 1 atom stereocenters. The standard InChI is InChI=1S/C12H16N2O4/c13-6-9-7-18-4-3-14(9)12(17)8-1-2-10(15)11(16)5-8/h1-2,5,9,15-16H,3-4,6-7,13H2. The van der Waals surface area contributed by atoms with Crippen molar-refractivity contribution in [3.8, 4) is 11.5 Å². The fourth-order valence-electron chi connectivity index (χ4n) is 1.94. The topological polar surface area (TPSA) is 96.0 Å². The second-order valence-electron chi connectivity index (χ2n) is 4.17. The highest BCUT2D eigenvalue weighted by Crippen LogP contribution is 2.26. The summed E-state index contributed by atoms with van der Waals surface area (Å²) in [6, 6.07) is 3.86. The number of nitrogens with two attached hydrogens (primary N) is 1. The summed E-state index contributed by atoms with van der Waals surface area (Å²) in [4.78, 5) is 13.9. The Bertz CT molecular complexity index is 450. The van der Waals surface area contributed by atoms with Crippen LogP contribution in [-0.2, 0) is 4.74 Å². The fourth-order valence-corrected chi connectivity index (χ4v) is 1.94. The van der Waals surface area contributed by atoms with E-state index in [1.807, 2.05) is 0 Å². The molecule has 1 amide bonds. The number of ether oxygens (including phenoxy) is 1. The normalized spacial score (nSPS) is 19.8. The molecular formula is C12H16N2O4. The van der Waals surface area contributed by atoms with Gasteiger partial charge in [0.1, 0.15) is 0 Å². The van der Waals surface area contributed by atoms with Crippen LogP contribution in [0.1, 0.15) is 10.4 Å². The molecule has 98 valence electrons. The Balaban J connectivity index is 2.21. The van der Waals surface area contributed by atoms with Crippen molar-refractivity contribution in [1.82, 2.24) is 4.90 Å². The van der Waals surface area contributed by atoms with Gasteiger partial charge < -0.3 is 25.6 Å². The van der Waals surface area contributed by atoms with Crippen LogP contribution in [0.2, 0.25) is 0 Å². The second-order valence-corrected chi connectivity index (χ2v) is 4.17. The summed E-state index contributed by atoms with van der Waals surface area (Å²) < 4.78 is 5.27. The summed E-state index contributed by atoms with van der Waals surface area (Å²) in [7, 11) is 0. The van der Waals surface area contributed by atoms with Gasteiger partial charge in [-0.15, -0.1) is 0 Å². The van der Waals surface area contributed by atoms with Gasteiger partial charge in [0.15, 0.2) is 11.5 Å². The molecular weight excluding hydrogens is 236 g/mol. The van der Waals surface area contributed by atoms with Gasteiger partial charge in [0, 0.05) is 18.7 Å². The van der Waals surface area contributed by atoms with Gasteiger partial charge >= 0.3 is 0 Å². The molecule has 1 fully saturated rings. The molecule has 1 heterocycles. The molecule has 1 aliphatic heterocycles. The van der Waals surface area contributed by atoms with E-state index in [-0.39, 0.29) is 23.4 Å². The molecule has 2 rings (SSSR count). The summed E-state index contributed by atoms with van der Waals surface area (Å²) in [5.74, 6) is -0.772. The summed E-state index contributed by atoms with van der Waals surface area (Å²) in [5, 5.41) is 18.6. The van der Waals surface area contributed by atoms with Crippen molar-refractivity contribution >= 4 is 5.91 Å². The molecule has 6 nitrogen and oxygen atoms in total. The highest BCUT2D eigenvalue weighted by molar-refractivity contribution is 5.95. The first-order valence-corrected chi connectivity index (χ1v) is 5.74.